The summed E-state index contributed by atoms with van der Waals surface area (Å²) >= 11 is 9.05. The second-order valence-corrected chi connectivity index (χ2v) is 5.30. The van der Waals surface area contributed by atoms with E-state index in [1.807, 2.05) is 24.3 Å². The molecule has 0 aliphatic carbocycles. The molecule has 0 saturated heterocycles. The molecule has 0 aliphatic rings. The zero-order valence-corrected chi connectivity index (χ0v) is 12.9. The van der Waals surface area contributed by atoms with Gasteiger partial charge in [-0.3, -0.25) is 14.9 Å². The molecule has 8 heteroatoms. The highest BCUT2D eigenvalue weighted by molar-refractivity contribution is 9.10. The number of benzene rings is 1. The van der Waals surface area contributed by atoms with Crippen LogP contribution >= 0.6 is 27.5 Å². The van der Waals surface area contributed by atoms with Crippen LogP contribution in [0, 0.1) is 10.1 Å². The van der Waals surface area contributed by atoms with Crippen LogP contribution in [0.4, 0.5) is 5.69 Å². The van der Waals surface area contributed by atoms with Gasteiger partial charge in [0.05, 0.1) is 4.92 Å². The van der Waals surface area contributed by atoms with Crippen molar-refractivity contribution in [1.82, 2.24) is 10.3 Å². The molecule has 0 saturated carbocycles. The molecule has 0 unspecified atom stereocenters. The number of aromatic nitrogens is 1. The lowest BCUT2D eigenvalue weighted by molar-refractivity contribution is -0.385. The standard InChI is InChI=1S/C13H9BrClN3O3/c14-10-4-2-1-3-8(10)6-17-13(19)9-5-12(15)16-7-11(9)18(20)21/h1-5,7H,6H2,(H,17,19). The molecule has 1 N–H and O–H groups in total. The van der Waals surface area contributed by atoms with Gasteiger partial charge in [-0.1, -0.05) is 45.7 Å². The number of nitrogens with zero attached hydrogens (tertiary/aromatic N) is 2. The largest absolute Gasteiger partial charge is 0.348 e. The molecule has 2 aromatic rings. The fourth-order valence-electron chi connectivity index (χ4n) is 1.66. The predicted molar refractivity (Wildman–Crippen MR) is 81.2 cm³/mol. The smallest absolute Gasteiger partial charge is 0.300 e. The number of nitrogens with one attached hydrogen (secondary N) is 1. The van der Waals surface area contributed by atoms with Crippen molar-refractivity contribution in [1.29, 1.82) is 0 Å². The maximum absolute atomic E-state index is 12.1. The van der Waals surface area contributed by atoms with Gasteiger partial charge >= 0.3 is 0 Å². The summed E-state index contributed by atoms with van der Waals surface area (Å²) in [6.45, 7) is 0.233. The van der Waals surface area contributed by atoms with Crippen molar-refractivity contribution in [2.75, 3.05) is 0 Å². The van der Waals surface area contributed by atoms with Crippen molar-refractivity contribution in [3.05, 3.63) is 67.4 Å². The normalized spacial score (nSPS) is 10.2. The number of halogens is 2. The molecule has 0 spiro atoms. The van der Waals surface area contributed by atoms with Crippen LogP contribution in [0.5, 0.6) is 0 Å². The average Bonchev–Trinajstić information content (AvgIpc) is 2.45. The van der Waals surface area contributed by atoms with Gasteiger partial charge in [0.1, 0.15) is 16.9 Å². The van der Waals surface area contributed by atoms with Crippen molar-refractivity contribution in [2.24, 2.45) is 0 Å². The number of pyridine rings is 1. The van der Waals surface area contributed by atoms with E-state index >= 15 is 0 Å². The number of rotatable bonds is 4. The Bertz CT molecular complexity index is 709. The van der Waals surface area contributed by atoms with Crippen LogP contribution in [-0.4, -0.2) is 15.8 Å². The van der Waals surface area contributed by atoms with Gasteiger partial charge in [-0.05, 0) is 17.7 Å². The Morgan fingerprint density at radius 1 is 1.43 bits per heavy atom. The molecule has 0 radical (unpaired) electrons. The molecule has 108 valence electrons. The fourth-order valence-corrected chi connectivity index (χ4v) is 2.25. The molecule has 0 bridgehead atoms. The van der Waals surface area contributed by atoms with Gasteiger partial charge < -0.3 is 5.32 Å². The minimum Gasteiger partial charge on any atom is -0.348 e. The van der Waals surface area contributed by atoms with Crippen molar-refractivity contribution in [3.63, 3.8) is 0 Å². The molecule has 2 rings (SSSR count). The van der Waals surface area contributed by atoms with E-state index in [0.717, 1.165) is 16.2 Å². The Balaban J connectivity index is 2.19. The first-order valence-corrected chi connectivity index (χ1v) is 6.97. The topological polar surface area (TPSA) is 85.1 Å². The summed E-state index contributed by atoms with van der Waals surface area (Å²) < 4.78 is 0.840. The molecule has 0 fully saturated rings. The van der Waals surface area contributed by atoms with Crippen LogP contribution < -0.4 is 5.32 Å². The molecule has 1 amide bonds. The third-order valence-electron chi connectivity index (χ3n) is 2.69. The van der Waals surface area contributed by atoms with Crippen LogP contribution in [0.2, 0.25) is 5.15 Å². The van der Waals surface area contributed by atoms with Crippen molar-refractivity contribution in [2.45, 2.75) is 6.54 Å². The van der Waals surface area contributed by atoms with E-state index in [4.69, 9.17) is 11.6 Å². The first-order chi connectivity index (χ1) is 9.99. The van der Waals surface area contributed by atoms with Crippen LogP contribution in [0.3, 0.4) is 0 Å². The monoisotopic (exact) mass is 369 g/mol. The molecule has 21 heavy (non-hydrogen) atoms. The molecule has 0 aliphatic heterocycles. The lowest BCUT2D eigenvalue weighted by atomic mass is 10.2. The van der Waals surface area contributed by atoms with E-state index in [-0.39, 0.29) is 22.9 Å². The Morgan fingerprint density at radius 2 is 2.14 bits per heavy atom. The van der Waals surface area contributed by atoms with Gasteiger partial charge in [-0.2, -0.15) is 0 Å². The lowest BCUT2D eigenvalue weighted by Gasteiger charge is -2.07. The zero-order chi connectivity index (χ0) is 15.4. The van der Waals surface area contributed by atoms with Gasteiger partial charge in [0.15, 0.2) is 0 Å². The first kappa shape index (κ1) is 15.4. The Kier molecular flexibility index (Phi) is 4.87. The summed E-state index contributed by atoms with van der Waals surface area (Å²) in [5.41, 5.74) is 0.352. The third kappa shape index (κ3) is 3.77. The highest BCUT2D eigenvalue weighted by atomic mass is 79.9. The van der Waals surface area contributed by atoms with Gasteiger partial charge in [-0.25, -0.2) is 4.98 Å². The number of hydrogen-bond donors (Lipinski definition) is 1. The molecule has 1 heterocycles. The van der Waals surface area contributed by atoms with Crippen molar-refractivity contribution >= 4 is 39.1 Å². The minimum absolute atomic E-state index is 0.0200. The predicted octanol–water partition coefficient (Wildman–Crippen LogP) is 3.34. The Labute approximate surface area is 133 Å². The maximum atomic E-state index is 12.1. The summed E-state index contributed by atoms with van der Waals surface area (Å²) in [6, 6.07) is 8.53. The van der Waals surface area contributed by atoms with Crippen LogP contribution in [0.15, 0.2) is 41.0 Å². The number of amides is 1. The van der Waals surface area contributed by atoms with E-state index in [9.17, 15) is 14.9 Å². The Hall–Kier alpha value is -1.99. The second kappa shape index (κ2) is 6.64. The molecular weight excluding hydrogens is 362 g/mol. The highest BCUT2D eigenvalue weighted by Crippen LogP contribution is 2.21. The van der Waals surface area contributed by atoms with Gasteiger partial charge in [0.25, 0.3) is 11.6 Å². The minimum atomic E-state index is -0.670. The van der Waals surface area contributed by atoms with Gasteiger partial charge in [-0.15, -0.1) is 0 Å². The van der Waals surface area contributed by atoms with E-state index in [1.165, 1.54) is 6.07 Å². The highest BCUT2D eigenvalue weighted by Gasteiger charge is 2.21. The molecular formula is C13H9BrClN3O3. The van der Waals surface area contributed by atoms with Crippen molar-refractivity contribution in [3.8, 4) is 0 Å². The number of carbonyl (C=O) groups is 1. The number of nitro groups is 1. The van der Waals surface area contributed by atoms with Crippen LogP contribution in [-0.2, 0) is 6.54 Å². The molecule has 1 aromatic carbocycles. The van der Waals surface area contributed by atoms with Crippen LogP contribution in [0.25, 0.3) is 0 Å². The summed E-state index contributed by atoms with van der Waals surface area (Å²) in [4.78, 5) is 25.9. The lowest BCUT2D eigenvalue weighted by Crippen LogP contribution is -2.24. The summed E-state index contributed by atoms with van der Waals surface area (Å²) in [6.07, 6.45) is 0.968. The van der Waals surface area contributed by atoms with Crippen LogP contribution in [0.1, 0.15) is 15.9 Å². The van der Waals surface area contributed by atoms with E-state index in [0.29, 0.717) is 0 Å². The van der Waals surface area contributed by atoms with E-state index < -0.39 is 10.8 Å². The SMILES string of the molecule is O=C(NCc1ccccc1Br)c1cc(Cl)ncc1[N+](=O)[O-]. The molecule has 6 nitrogen and oxygen atoms in total. The zero-order valence-electron chi connectivity index (χ0n) is 10.5. The van der Waals surface area contributed by atoms with Crippen molar-refractivity contribution < 1.29 is 9.72 Å². The summed E-state index contributed by atoms with van der Waals surface area (Å²) in [5.74, 6) is -0.582. The van der Waals surface area contributed by atoms with Gasteiger partial charge in [0, 0.05) is 11.0 Å². The number of hydrogen-bond acceptors (Lipinski definition) is 4. The quantitative estimate of drug-likeness (QED) is 0.508. The summed E-state index contributed by atoms with van der Waals surface area (Å²) in [7, 11) is 0. The van der Waals surface area contributed by atoms with E-state index in [1.54, 1.807) is 0 Å². The Morgan fingerprint density at radius 3 is 2.81 bits per heavy atom. The second-order valence-electron chi connectivity index (χ2n) is 4.06. The molecule has 0 atom stereocenters. The third-order valence-corrected chi connectivity index (χ3v) is 3.67. The average molecular weight is 371 g/mol. The molecule has 1 aromatic heterocycles. The van der Waals surface area contributed by atoms with E-state index in [2.05, 4.69) is 26.2 Å². The maximum Gasteiger partial charge on any atom is 0.300 e. The fraction of sp³-hybridized carbons (Fsp3) is 0.0769. The van der Waals surface area contributed by atoms with Gasteiger partial charge in [0.2, 0.25) is 0 Å². The first-order valence-electron chi connectivity index (χ1n) is 5.80. The summed E-state index contributed by atoms with van der Waals surface area (Å²) in [5, 5.41) is 13.5. The number of carbonyl (C=O) groups excluding carboxylic acids is 1.